The van der Waals surface area contributed by atoms with Gasteiger partial charge in [0.15, 0.2) is 10.1 Å². The first-order chi connectivity index (χ1) is 7.63. The number of halogens is 2. The van der Waals surface area contributed by atoms with E-state index in [1.807, 2.05) is 12.1 Å². The van der Waals surface area contributed by atoms with Crippen molar-refractivity contribution in [3.05, 3.63) is 31.8 Å². The van der Waals surface area contributed by atoms with Crippen LogP contribution < -0.4 is 9.05 Å². The van der Waals surface area contributed by atoms with Gasteiger partial charge in [-0.15, -0.1) is 0 Å². The number of hydrogen-bond acceptors (Lipinski definition) is 5. The van der Waals surface area contributed by atoms with Crippen LogP contribution in [0.15, 0.2) is 31.8 Å². The van der Waals surface area contributed by atoms with Crippen molar-refractivity contribution in [2.24, 2.45) is 0 Å². The van der Waals surface area contributed by atoms with E-state index >= 15 is 0 Å². The topological polar surface area (TPSA) is 35.5 Å². The van der Waals surface area contributed by atoms with Crippen molar-refractivity contribution in [3.8, 4) is 10.1 Å². The average Bonchev–Trinajstić information content (AvgIpc) is 2.76. The van der Waals surface area contributed by atoms with E-state index in [0.717, 1.165) is 7.57 Å². The third-order valence-corrected chi connectivity index (χ3v) is 5.54. The van der Waals surface area contributed by atoms with Gasteiger partial charge in [-0.1, -0.05) is 22.7 Å². The second kappa shape index (κ2) is 5.69. The molecule has 0 N–H and O–H groups in total. The number of hydrogen-bond donors (Lipinski definition) is 0. The van der Waals surface area contributed by atoms with E-state index in [4.69, 9.17) is 9.05 Å². The average molecular weight is 404 g/mol. The smallest absolute Gasteiger partial charge is 0.407 e. The van der Waals surface area contributed by atoms with Crippen LogP contribution in [0.3, 0.4) is 0 Å². The van der Waals surface area contributed by atoms with Crippen LogP contribution in [0.1, 0.15) is 0 Å². The molecule has 86 valence electrons. The minimum atomic E-state index is -2.54. The summed E-state index contributed by atoms with van der Waals surface area (Å²) in [5.41, 5.74) is 0. The monoisotopic (exact) mass is 402 g/mol. The lowest BCUT2D eigenvalue weighted by Gasteiger charge is -2.03. The lowest BCUT2D eigenvalue weighted by Crippen LogP contribution is -1.84. The maximum Gasteiger partial charge on any atom is 0.420 e. The van der Waals surface area contributed by atoms with E-state index in [1.54, 1.807) is 12.1 Å². The van der Waals surface area contributed by atoms with Gasteiger partial charge in [-0.3, -0.25) is 0 Å². The minimum absolute atomic E-state index is 0.575. The quantitative estimate of drug-likeness (QED) is 0.659. The zero-order valence-corrected chi connectivity index (χ0v) is 13.4. The van der Waals surface area contributed by atoms with Crippen LogP contribution in [0.2, 0.25) is 0 Å². The molecule has 2 aromatic rings. The maximum atomic E-state index is 11.5. The van der Waals surface area contributed by atoms with E-state index in [-0.39, 0.29) is 0 Å². The molecule has 0 fully saturated rings. The molecule has 3 nitrogen and oxygen atoms in total. The second-order valence-electron chi connectivity index (χ2n) is 2.57. The van der Waals surface area contributed by atoms with Crippen LogP contribution in [0.25, 0.3) is 0 Å². The molecule has 0 spiro atoms. The van der Waals surface area contributed by atoms with E-state index in [1.165, 1.54) is 22.7 Å². The molecule has 0 aliphatic heterocycles. The predicted molar refractivity (Wildman–Crippen MR) is 74.3 cm³/mol. The van der Waals surface area contributed by atoms with Crippen molar-refractivity contribution >= 4 is 62.8 Å². The first-order valence-corrected chi connectivity index (χ1v) is 8.48. The fourth-order valence-electron chi connectivity index (χ4n) is 0.890. The van der Waals surface area contributed by atoms with Crippen molar-refractivity contribution in [2.75, 3.05) is 0 Å². The summed E-state index contributed by atoms with van der Waals surface area (Å²) in [7, 11) is -2.54. The fourth-order valence-corrected chi connectivity index (χ4v) is 4.29. The zero-order valence-electron chi connectivity index (χ0n) is 7.61. The lowest BCUT2D eigenvalue weighted by atomic mass is 10.7. The Morgan fingerprint density at radius 2 is 1.38 bits per heavy atom. The predicted octanol–water partition coefficient (Wildman–Crippen LogP) is 5.18. The highest BCUT2D eigenvalue weighted by molar-refractivity contribution is 9.11. The molecule has 2 rings (SSSR count). The molecule has 0 amide bonds. The van der Waals surface area contributed by atoms with Gasteiger partial charge in [0.25, 0.3) is 0 Å². The largest absolute Gasteiger partial charge is 0.420 e. The summed E-state index contributed by atoms with van der Waals surface area (Å²) >= 11 is 9.32. The fraction of sp³-hybridized carbons (Fsp3) is 0. The van der Waals surface area contributed by atoms with Crippen molar-refractivity contribution < 1.29 is 13.6 Å². The molecule has 0 aromatic carbocycles. The van der Waals surface area contributed by atoms with Crippen LogP contribution in [0, 0.1) is 0 Å². The van der Waals surface area contributed by atoms with Gasteiger partial charge in [0.05, 0.1) is 7.57 Å². The first-order valence-electron chi connectivity index (χ1n) is 4.04. The van der Waals surface area contributed by atoms with Gasteiger partial charge in [0.2, 0.25) is 0 Å². The van der Waals surface area contributed by atoms with Crippen LogP contribution >= 0.6 is 62.8 Å². The standard InChI is InChI=1S/C8H5Br2O3PS2/c9-5-1-3-7(15-5)12-14(11)13-8-4-2-6(10)16-8/h1-4,14H. The maximum absolute atomic E-state index is 11.5. The Balaban J connectivity index is 1.94. The zero-order chi connectivity index (χ0) is 11.5. The Morgan fingerprint density at radius 3 is 1.69 bits per heavy atom. The minimum Gasteiger partial charge on any atom is -0.407 e. The summed E-state index contributed by atoms with van der Waals surface area (Å²) in [5.74, 6) is 0. The highest BCUT2D eigenvalue weighted by Crippen LogP contribution is 2.39. The molecule has 16 heavy (non-hydrogen) atoms. The number of thiophene rings is 2. The van der Waals surface area contributed by atoms with E-state index in [2.05, 4.69) is 31.9 Å². The number of rotatable bonds is 4. The summed E-state index contributed by atoms with van der Waals surface area (Å²) in [6.07, 6.45) is 0. The van der Waals surface area contributed by atoms with E-state index in [9.17, 15) is 4.57 Å². The molecule has 0 aliphatic carbocycles. The molecule has 0 bridgehead atoms. The van der Waals surface area contributed by atoms with Crippen LogP contribution in [0.4, 0.5) is 0 Å². The van der Waals surface area contributed by atoms with Crippen molar-refractivity contribution in [1.82, 2.24) is 0 Å². The second-order valence-corrected chi connectivity index (χ2v) is 8.33. The Labute approximate surface area is 118 Å². The Kier molecular flexibility index (Phi) is 4.49. The lowest BCUT2D eigenvalue weighted by molar-refractivity contribution is 0.424. The van der Waals surface area contributed by atoms with Gasteiger partial charge in [0, 0.05) is 0 Å². The van der Waals surface area contributed by atoms with Crippen LogP contribution in [0.5, 0.6) is 10.1 Å². The van der Waals surface area contributed by atoms with Gasteiger partial charge in [-0.2, -0.15) is 0 Å². The molecule has 2 aromatic heterocycles. The highest BCUT2D eigenvalue weighted by Gasteiger charge is 2.07. The molecule has 0 atom stereocenters. The van der Waals surface area contributed by atoms with Crippen LogP contribution in [-0.4, -0.2) is 0 Å². The molecule has 0 radical (unpaired) electrons. The van der Waals surface area contributed by atoms with Gasteiger partial charge in [0.1, 0.15) is 0 Å². The molecule has 8 heteroatoms. The Morgan fingerprint density at radius 1 is 0.938 bits per heavy atom. The Hall–Kier alpha value is 0.190. The van der Waals surface area contributed by atoms with Gasteiger partial charge >= 0.3 is 8.25 Å². The summed E-state index contributed by atoms with van der Waals surface area (Å²) in [4.78, 5) is 0. The highest BCUT2D eigenvalue weighted by atomic mass is 79.9. The summed E-state index contributed by atoms with van der Waals surface area (Å²) in [6.45, 7) is 0. The summed E-state index contributed by atoms with van der Waals surface area (Å²) in [6, 6.07) is 7.14. The third-order valence-electron chi connectivity index (χ3n) is 1.46. The van der Waals surface area contributed by atoms with E-state index in [0.29, 0.717) is 10.1 Å². The van der Waals surface area contributed by atoms with Crippen molar-refractivity contribution in [2.45, 2.75) is 0 Å². The molecular weight excluding hydrogens is 399 g/mol. The van der Waals surface area contributed by atoms with Crippen LogP contribution in [-0.2, 0) is 4.57 Å². The molecule has 2 heterocycles. The van der Waals surface area contributed by atoms with Gasteiger partial charge in [-0.25, -0.2) is 4.57 Å². The first kappa shape index (κ1) is 12.6. The normalized spacial score (nSPS) is 10.7. The third kappa shape index (κ3) is 3.60. The summed E-state index contributed by atoms with van der Waals surface area (Å²) < 4.78 is 23.7. The van der Waals surface area contributed by atoms with Crippen molar-refractivity contribution in [1.29, 1.82) is 0 Å². The molecule has 0 saturated heterocycles. The van der Waals surface area contributed by atoms with Gasteiger partial charge < -0.3 is 9.05 Å². The Bertz CT molecular complexity index is 467. The molecule has 0 unspecified atom stereocenters. The van der Waals surface area contributed by atoms with Gasteiger partial charge in [-0.05, 0) is 56.1 Å². The summed E-state index contributed by atoms with van der Waals surface area (Å²) in [5, 5.41) is 1.15. The molecule has 0 saturated carbocycles. The molecular formula is C8H5Br2O3PS2. The van der Waals surface area contributed by atoms with Crippen molar-refractivity contribution in [3.63, 3.8) is 0 Å². The SMILES string of the molecule is O=[PH](Oc1ccc(Br)s1)Oc1ccc(Br)s1. The van der Waals surface area contributed by atoms with E-state index < -0.39 is 8.25 Å². The molecule has 0 aliphatic rings.